The predicted molar refractivity (Wildman–Crippen MR) is 66.7 cm³/mol. The third-order valence-corrected chi connectivity index (χ3v) is 3.52. The lowest BCUT2D eigenvalue weighted by atomic mass is 10.2. The molecule has 0 atom stereocenters. The lowest BCUT2D eigenvalue weighted by molar-refractivity contribution is 0.0702. The second-order valence-electron chi connectivity index (χ2n) is 3.74. The van der Waals surface area contributed by atoms with E-state index in [4.69, 9.17) is 9.84 Å². The molecule has 0 saturated heterocycles. The van der Waals surface area contributed by atoms with Gasteiger partial charge in [0.2, 0.25) is 0 Å². The Kier molecular flexibility index (Phi) is 3.62. The molecule has 0 amide bonds. The summed E-state index contributed by atoms with van der Waals surface area (Å²) in [7, 11) is 0. The van der Waals surface area contributed by atoms with Crippen molar-refractivity contribution in [2.45, 2.75) is 13.5 Å². The Bertz CT molecular complexity index is 560. The number of hydrogen-bond donors (Lipinski definition) is 1. The minimum atomic E-state index is -0.934. The van der Waals surface area contributed by atoms with Gasteiger partial charge in [0.25, 0.3) is 0 Å². The molecule has 3 nitrogen and oxygen atoms in total. The van der Waals surface area contributed by atoms with Gasteiger partial charge in [0.15, 0.2) is 0 Å². The van der Waals surface area contributed by atoms with Gasteiger partial charge in [-0.05, 0) is 37.3 Å². The molecule has 0 bridgehead atoms. The van der Waals surface area contributed by atoms with E-state index in [0.717, 1.165) is 10.4 Å². The fourth-order valence-electron chi connectivity index (χ4n) is 1.46. The van der Waals surface area contributed by atoms with E-state index < -0.39 is 5.97 Å². The van der Waals surface area contributed by atoms with Crippen LogP contribution in [0.15, 0.2) is 30.3 Å². The molecule has 2 aromatic rings. The molecular formula is C13H11FO3S. The molecule has 18 heavy (non-hydrogen) atoms. The molecule has 0 unspecified atom stereocenters. The van der Waals surface area contributed by atoms with Crippen LogP contribution in [0.2, 0.25) is 0 Å². The van der Waals surface area contributed by atoms with Crippen LogP contribution in [0.3, 0.4) is 0 Å². The summed E-state index contributed by atoms with van der Waals surface area (Å²) in [4.78, 5) is 12.0. The maximum absolute atomic E-state index is 12.7. The molecule has 0 radical (unpaired) electrons. The number of carboxylic acid groups (broad SMARTS) is 1. The normalized spacial score (nSPS) is 10.3. The van der Waals surface area contributed by atoms with Crippen molar-refractivity contribution in [2.75, 3.05) is 0 Å². The van der Waals surface area contributed by atoms with Gasteiger partial charge in [-0.25, -0.2) is 9.18 Å². The quantitative estimate of drug-likeness (QED) is 0.921. The first-order chi connectivity index (χ1) is 8.56. The Morgan fingerprint density at radius 3 is 2.61 bits per heavy atom. The van der Waals surface area contributed by atoms with Crippen LogP contribution in [0, 0.1) is 12.7 Å². The Morgan fingerprint density at radius 1 is 1.39 bits per heavy atom. The maximum atomic E-state index is 12.7. The average molecular weight is 266 g/mol. The number of rotatable bonds is 4. The molecule has 1 aromatic carbocycles. The van der Waals surface area contributed by atoms with Gasteiger partial charge in [0.05, 0.1) is 0 Å². The van der Waals surface area contributed by atoms with Gasteiger partial charge in [-0.1, -0.05) is 0 Å². The second kappa shape index (κ2) is 5.18. The molecule has 1 heterocycles. The number of carboxylic acids is 1. The van der Waals surface area contributed by atoms with Gasteiger partial charge in [0, 0.05) is 10.4 Å². The van der Waals surface area contributed by atoms with Crippen LogP contribution in [-0.2, 0) is 6.61 Å². The highest BCUT2D eigenvalue weighted by molar-refractivity contribution is 7.14. The van der Waals surface area contributed by atoms with E-state index in [2.05, 4.69) is 0 Å². The molecule has 0 aliphatic rings. The highest BCUT2D eigenvalue weighted by Gasteiger charge is 2.11. The standard InChI is InChI=1S/C13H11FO3S/c1-8-9(6-12(18-8)13(15)16)7-17-11-4-2-10(14)3-5-11/h2-6H,7H2,1H3,(H,15,16). The Labute approximate surface area is 107 Å². The monoisotopic (exact) mass is 266 g/mol. The highest BCUT2D eigenvalue weighted by Crippen LogP contribution is 2.23. The van der Waals surface area contributed by atoms with E-state index in [1.807, 2.05) is 6.92 Å². The van der Waals surface area contributed by atoms with E-state index in [-0.39, 0.29) is 12.4 Å². The number of thiophene rings is 1. The smallest absolute Gasteiger partial charge is 0.345 e. The van der Waals surface area contributed by atoms with E-state index in [1.54, 1.807) is 6.07 Å². The molecule has 1 aromatic heterocycles. The van der Waals surface area contributed by atoms with Gasteiger partial charge in [0.1, 0.15) is 23.1 Å². The topological polar surface area (TPSA) is 46.5 Å². The fraction of sp³-hybridized carbons (Fsp3) is 0.154. The second-order valence-corrected chi connectivity index (χ2v) is 5.00. The molecule has 5 heteroatoms. The fourth-order valence-corrected chi connectivity index (χ4v) is 2.33. The Hall–Kier alpha value is -1.88. The van der Waals surface area contributed by atoms with Crippen molar-refractivity contribution >= 4 is 17.3 Å². The van der Waals surface area contributed by atoms with Crippen LogP contribution >= 0.6 is 11.3 Å². The lowest BCUT2D eigenvalue weighted by Gasteiger charge is -2.05. The summed E-state index contributed by atoms with van der Waals surface area (Å²) in [6, 6.07) is 7.31. The Morgan fingerprint density at radius 2 is 2.06 bits per heavy atom. The largest absolute Gasteiger partial charge is 0.489 e. The van der Waals surface area contributed by atoms with Crippen LogP contribution in [0.1, 0.15) is 20.1 Å². The van der Waals surface area contributed by atoms with Gasteiger partial charge in [-0.2, -0.15) is 0 Å². The number of aryl methyl sites for hydroxylation is 1. The molecule has 94 valence electrons. The number of halogens is 1. The summed E-state index contributed by atoms with van der Waals surface area (Å²) in [6.07, 6.45) is 0. The first-order valence-corrected chi connectivity index (χ1v) is 6.09. The molecule has 0 saturated carbocycles. The predicted octanol–water partition coefficient (Wildman–Crippen LogP) is 3.47. The molecular weight excluding hydrogens is 255 g/mol. The van der Waals surface area contributed by atoms with Crippen molar-refractivity contribution in [3.8, 4) is 5.75 Å². The lowest BCUT2D eigenvalue weighted by Crippen LogP contribution is -1.96. The molecule has 0 aliphatic carbocycles. The van der Waals surface area contributed by atoms with Gasteiger partial charge in [-0.3, -0.25) is 0 Å². The first kappa shape index (κ1) is 12.6. The van der Waals surface area contributed by atoms with E-state index in [0.29, 0.717) is 10.6 Å². The number of benzene rings is 1. The molecule has 0 spiro atoms. The van der Waals surface area contributed by atoms with Crippen molar-refractivity contribution in [1.82, 2.24) is 0 Å². The number of aromatic carboxylic acids is 1. The van der Waals surface area contributed by atoms with E-state index in [1.165, 1.54) is 35.6 Å². The number of carbonyl (C=O) groups is 1. The summed E-state index contributed by atoms with van der Waals surface area (Å²) in [5.41, 5.74) is 0.835. The summed E-state index contributed by atoms with van der Waals surface area (Å²) in [5, 5.41) is 8.87. The summed E-state index contributed by atoms with van der Waals surface area (Å²) in [5.74, 6) is -0.697. The van der Waals surface area contributed by atoms with Crippen molar-refractivity contribution in [1.29, 1.82) is 0 Å². The van der Waals surface area contributed by atoms with Crippen molar-refractivity contribution in [3.63, 3.8) is 0 Å². The van der Waals surface area contributed by atoms with Crippen molar-refractivity contribution in [2.24, 2.45) is 0 Å². The minimum absolute atomic E-state index is 0.279. The van der Waals surface area contributed by atoms with E-state index in [9.17, 15) is 9.18 Å². The van der Waals surface area contributed by atoms with Crippen LogP contribution in [0.25, 0.3) is 0 Å². The van der Waals surface area contributed by atoms with Gasteiger partial charge < -0.3 is 9.84 Å². The third kappa shape index (κ3) is 2.87. The number of ether oxygens (including phenoxy) is 1. The third-order valence-electron chi connectivity index (χ3n) is 2.44. The van der Waals surface area contributed by atoms with Crippen LogP contribution in [0.5, 0.6) is 5.75 Å². The minimum Gasteiger partial charge on any atom is -0.489 e. The summed E-state index contributed by atoms with van der Waals surface area (Å²) >= 11 is 1.22. The van der Waals surface area contributed by atoms with Gasteiger partial charge in [-0.15, -0.1) is 11.3 Å². The molecule has 2 rings (SSSR count). The number of hydrogen-bond acceptors (Lipinski definition) is 3. The molecule has 1 N–H and O–H groups in total. The summed E-state index contributed by atoms with van der Waals surface area (Å²) in [6.45, 7) is 2.13. The highest BCUT2D eigenvalue weighted by atomic mass is 32.1. The summed E-state index contributed by atoms with van der Waals surface area (Å²) < 4.78 is 18.2. The maximum Gasteiger partial charge on any atom is 0.345 e. The van der Waals surface area contributed by atoms with Crippen LogP contribution in [0.4, 0.5) is 4.39 Å². The van der Waals surface area contributed by atoms with E-state index >= 15 is 0 Å². The molecule has 0 fully saturated rings. The zero-order valence-corrected chi connectivity index (χ0v) is 10.5. The van der Waals surface area contributed by atoms with Crippen molar-refractivity contribution in [3.05, 3.63) is 51.5 Å². The first-order valence-electron chi connectivity index (χ1n) is 5.27. The van der Waals surface area contributed by atoms with Crippen molar-refractivity contribution < 1.29 is 19.0 Å². The van der Waals surface area contributed by atoms with Crippen LogP contribution < -0.4 is 4.74 Å². The van der Waals surface area contributed by atoms with Gasteiger partial charge >= 0.3 is 5.97 Å². The zero-order chi connectivity index (χ0) is 13.1. The van der Waals surface area contributed by atoms with Crippen LogP contribution in [-0.4, -0.2) is 11.1 Å². The zero-order valence-electron chi connectivity index (χ0n) is 9.64. The Balaban J connectivity index is 2.06. The average Bonchev–Trinajstić information content (AvgIpc) is 2.70. The SMILES string of the molecule is Cc1sc(C(=O)O)cc1COc1ccc(F)cc1. The molecule has 0 aliphatic heterocycles.